The van der Waals surface area contributed by atoms with E-state index in [9.17, 15) is 0 Å². The lowest BCUT2D eigenvalue weighted by atomic mass is 9.73. The van der Waals surface area contributed by atoms with Crippen molar-refractivity contribution in [1.82, 2.24) is 4.98 Å². The summed E-state index contributed by atoms with van der Waals surface area (Å²) in [6, 6.07) is 12.7. The number of pyridine rings is 1. The van der Waals surface area contributed by atoms with Crippen LogP contribution >= 0.6 is 11.6 Å². The zero-order valence-corrected chi connectivity index (χ0v) is 14.1. The van der Waals surface area contributed by atoms with Crippen molar-refractivity contribution in [2.75, 3.05) is 11.9 Å². The first-order valence-corrected chi connectivity index (χ1v) is 8.57. The minimum Gasteiger partial charge on any atom is -0.384 e. The zero-order chi connectivity index (χ0) is 15.6. The van der Waals surface area contributed by atoms with Gasteiger partial charge in [-0.3, -0.25) is 4.98 Å². The zero-order valence-electron chi connectivity index (χ0n) is 13.3. The normalized spacial score (nSPS) is 14.3. The number of anilines is 1. The highest BCUT2D eigenvalue weighted by Crippen LogP contribution is 2.39. The standard InChI is InChI=1S/C19H23ClN2/c1-3-19(4-2,14-7-9-15(20)10-8-14)18-12-11-16-17(22-18)6-5-13-21-16/h7-12,21H,3-6,13H2,1-2H3. The van der Waals surface area contributed by atoms with Crippen molar-refractivity contribution < 1.29 is 0 Å². The number of fused-ring (bicyclic) bond motifs is 1. The van der Waals surface area contributed by atoms with Crippen LogP contribution in [-0.4, -0.2) is 11.5 Å². The van der Waals surface area contributed by atoms with Gasteiger partial charge >= 0.3 is 0 Å². The van der Waals surface area contributed by atoms with E-state index in [4.69, 9.17) is 16.6 Å². The van der Waals surface area contributed by atoms with Gasteiger partial charge in [0.15, 0.2) is 0 Å². The SMILES string of the molecule is CCC(CC)(c1ccc(Cl)cc1)c1ccc2c(n1)CCCN2. The van der Waals surface area contributed by atoms with Gasteiger partial charge in [-0.15, -0.1) is 0 Å². The van der Waals surface area contributed by atoms with Crippen LogP contribution in [0, 0.1) is 0 Å². The van der Waals surface area contributed by atoms with E-state index in [1.165, 1.54) is 22.6 Å². The molecule has 2 aromatic rings. The van der Waals surface area contributed by atoms with Crippen LogP contribution < -0.4 is 5.32 Å². The van der Waals surface area contributed by atoms with Gasteiger partial charge in [-0.05, 0) is 55.5 Å². The molecule has 3 heteroatoms. The van der Waals surface area contributed by atoms with Crippen LogP contribution in [0.15, 0.2) is 36.4 Å². The average Bonchev–Trinajstić information content (AvgIpc) is 2.58. The summed E-state index contributed by atoms with van der Waals surface area (Å²) in [5, 5.41) is 4.23. The summed E-state index contributed by atoms with van der Waals surface area (Å²) in [5.74, 6) is 0. The first kappa shape index (κ1) is 15.4. The molecule has 1 aliphatic heterocycles. The summed E-state index contributed by atoms with van der Waals surface area (Å²) in [6.45, 7) is 5.55. The van der Waals surface area contributed by atoms with Gasteiger partial charge in [0.1, 0.15) is 0 Å². The minimum atomic E-state index is -0.0307. The fourth-order valence-electron chi connectivity index (χ4n) is 3.54. The molecule has 0 aliphatic carbocycles. The monoisotopic (exact) mass is 314 g/mol. The second-order valence-electron chi connectivity index (χ2n) is 6.02. The third kappa shape index (κ3) is 2.61. The predicted molar refractivity (Wildman–Crippen MR) is 93.9 cm³/mol. The molecule has 22 heavy (non-hydrogen) atoms. The van der Waals surface area contributed by atoms with Gasteiger partial charge in [-0.1, -0.05) is 37.6 Å². The van der Waals surface area contributed by atoms with E-state index >= 15 is 0 Å². The number of rotatable bonds is 4. The maximum Gasteiger partial charge on any atom is 0.0639 e. The molecule has 0 unspecified atom stereocenters. The highest BCUT2D eigenvalue weighted by Gasteiger charge is 2.32. The predicted octanol–water partition coefficient (Wildman–Crippen LogP) is 5.20. The summed E-state index contributed by atoms with van der Waals surface area (Å²) in [7, 11) is 0. The Morgan fingerprint density at radius 1 is 1.09 bits per heavy atom. The van der Waals surface area contributed by atoms with Crippen molar-refractivity contribution in [3.63, 3.8) is 0 Å². The van der Waals surface area contributed by atoms with Crippen molar-refractivity contribution >= 4 is 17.3 Å². The molecule has 0 bridgehead atoms. The molecule has 116 valence electrons. The molecule has 0 radical (unpaired) electrons. The molecule has 0 atom stereocenters. The van der Waals surface area contributed by atoms with Gasteiger partial charge in [0.2, 0.25) is 0 Å². The summed E-state index contributed by atoms with van der Waals surface area (Å²) >= 11 is 6.07. The lowest BCUT2D eigenvalue weighted by molar-refractivity contribution is 0.462. The minimum absolute atomic E-state index is 0.0307. The molecule has 1 aliphatic rings. The van der Waals surface area contributed by atoms with E-state index < -0.39 is 0 Å². The van der Waals surface area contributed by atoms with Gasteiger partial charge < -0.3 is 5.32 Å². The van der Waals surface area contributed by atoms with Crippen molar-refractivity contribution in [2.24, 2.45) is 0 Å². The number of nitrogens with zero attached hydrogens (tertiary/aromatic N) is 1. The number of hydrogen-bond donors (Lipinski definition) is 1. The third-order valence-electron chi connectivity index (χ3n) is 4.97. The van der Waals surface area contributed by atoms with E-state index in [-0.39, 0.29) is 5.41 Å². The van der Waals surface area contributed by atoms with E-state index in [2.05, 4.69) is 43.4 Å². The number of nitrogens with one attached hydrogen (secondary N) is 1. The summed E-state index contributed by atoms with van der Waals surface area (Å²) < 4.78 is 0. The highest BCUT2D eigenvalue weighted by atomic mass is 35.5. The average molecular weight is 315 g/mol. The maximum atomic E-state index is 6.07. The van der Waals surface area contributed by atoms with E-state index in [1.807, 2.05) is 12.1 Å². The lowest BCUT2D eigenvalue weighted by Crippen LogP contribution is -2.28. The molecule has 1 aromatic carbocycles. The van der Waals surface area contributed by atoms with Gasteiger partial charge in [-0.25, -0.2) is 0 Å². The second-order valence-corrected chi connectivity index (χ2v) is 6.45. The number of halogens is 1. The Morgan fingerprint density at radius 3 is 2.50 bits per heavy atom. The summed E-state index contributed by atoms with van der Waals surface area (Å²) in [5.41, 5.74) is 4.87. The largest absolute Gasteiger partial charge is 0.384 e. The lowest BCUT2D eigenvalue weighted by Gasteiger charge is -2.33. The first-order chi connectivity index (χ1) is 10.7. The molecule has 1 N–H and O–H groups in total. The fourth-order valence-corrected chi connectivity index (χ4v) is 3.66. The van der Waals surface area contributed by atoms with E-state index in [1.54, 1.807) is 0 Å². The molecule has 0 saturated carbocycles. The quantitative estimate of drug-likeness (QED) is 0.839. The smallest absolute Gasteiger partial charge is 0.0639 e. The van der Waals surface area contributed by atoms with Crippen LogP contribution in [-0.2, 0) is 11.8 Å². The van der Waals surface area contributed by atoms with E-state index in [0.717, 1.165) is 37.3 Å². The van der Waals surface area contributed by atoms with Gasteiger partial charge in [0.05, 0.1) is 17.1 Å². The van der Waals surface area contributed by atoms with Gasteiger partial charge in [-0.2, -0.15) is 0 Å². The Balaban J connectivity index is 2.08. The maximum absolute atomic E-state index is 6.07. The second kappa shape index (κ2) is 6.29. The van der Waals surface area contributed by atoms with Crippen LogP contribution in [0.1, 0.15) is 50.1 Å². The molecule has 2 nitrogen and oxygen atoms in total. The van der Waals surface area contributed by atoms with Gasteiger partial charge in [0, 0.05) is 17.0 Å². The Morgan fingerprint density at radius 2 is 1.82 bits per heavy atom. The van der Waals surface area contributed by atoms with Crippen molar-refractivity contribution in [3.05, 3.63) is 58.4 Å². The molecule has 2 heterocycles. The molecule has 0 saturated heterocycles. The first-order valence-electron chi connectivity index (χ1n) is 8.20. The number of benzene rings is 1. The third-order valence-corrected chi connectivity index (χ3v) is 5.23. The molecule has 1 aromatic heterocycles. The number of hydrogen-bond acceptors (Lipinski definition) is 2. The Bertz CT molecular complexity index is 645. The van der Waals surface area contributed by atoms with Crippen LogP contribution in [0.3, 0.4) is 0 Å². The fraction of sp³-hybridized carbons (Fsp3) is 0.421. The highest BCUT2D eigenvalue weighted by molar-refractivity contribution is 6.30. The molecular formula is C19H23ClN2. The Kier molecular flexibility index (Phi) is 4.39. The molecule has 0 fully saturated rings. The van der Waals surface area contributed by atoms with E-state index in [0.29, 0.717) is 0 Å². The van der Waals surface area contributed by atoms with Crippen LogP contribution in [0.25, 0.3) is 0 Å². The number of aromatic nitrogens is 1. The summed E-state index contributed by atoms with van der Waals surface area (Å²) in [4.78, 5) is 5.03. The number of aryl methyl sites for hydroxylation is 1. The Hall–Kier alpha value is -1.54. The summed E-state index contributed by atoms with van der Waals surface area (Å²) in [6.07, 6.45) is 4.30. The van der Waals surface area contributed by atoms with Crippen molar-refractivity contribution in [1.29, 1.82) is 0 Å². The van der Waals surface area contributed by atoms with Crippen molar-refractivity contribution in [2.45, 2.75) is 44.9 Å². The molecule has 0 amide bonds. The molecular weight excluding hydrogens is 292 g/mol. The van der Waals surface area contributed by atoms with Crippen molar-refractivity contribution in [3.8, 4) is 0 Å². The van der Waals surface area contributed by atoms with Crippen LogP contribution in [0.2, 0.25) is 5.02 Å². The topological polar surface area (TPSA) is 24.9 Å². The van der Waals surface area contributed by atoms with Crippen LogP contribution in [0.5, 0.6) is 0 Å². The Labute approximate surface area is 137 Å². The molecule has 3 rings (SSSR count). The van der Waals surface area contributed by atoms with Gasteiger partial charge in [0.25, 0.3) is 0 Å². The molecule has 0 spiro atoms. The van der Waals surface area contributed by atoms with Crippen LogP contribution in [0.4, 0.5) is 5.69 Å².